The van der Waals surface area contributed by atoms with Crippen LogP contribution in [0.15, 0.2) is 52.3 Å². The normalized spacial score (nSPS) is 11.4. The van der Waals surface area contributed by atoms with E-state index in [1.807, 2.05) is 12.1 Å². The van der Waals surface area contributed by atoms with Gasteiger partial charge in [-0.05, 0) is 43.5 Å². The average Bonchev–Trinajstić information content (AvgIpc) is 2.59. The molecule has 2 aromatic rings. The van der Waals surface area contributed by atoms with Gasteiger partial charge in [-0.2, -0.15) is 0 Å². The van der Waals surface area contributed by atoms with Crippen LogP contribution in [0.25, 0.3) is 0 Å². The van der Waals surface area contributed by atoms with Crippen LogP contribution in [0.1, 0.15) is 30.9 Å². The molecule has 2 aromatic carbocycles. The van der Waals surface area contributed by atoms with Gasteiger partial charge in [-0.15, -0.1) is 0 Å². The maximum atomic E-state index is 10.9. The largest absolute Gasteiger partial charge is 0.273 e. The SMILES string of the molecule is CCCCc1ccc(S(=O)(=O)Cl)cc1.Cc1ccc(S(=O)(=O)Cl)cc1[N+](=O)[O-]. The first-order valence-electron chi connectivity index (χ1n) is 8.09. The first kappa shape index (κ1) is 24.4. The zero-order valence-corrected chi connectivity index (χ0v) is 18.3. The molecule has 154 valence electrons. The fourth-order valence-electron chi connectivity index (χ4n) is 2.14. The molecule has 0 heterocycles. The summed E-state index contributed by atoms with van der Waals surface area (Å²) in [5.41, 5.74) is 1.28. The molecule has 0 saturated heterocycles. The summed E-state index contributed by atoms with van der Waals surface area (Å²) < 4.78 is 43.6. The second-order valence-corrected chi connectivity index (χ2v) is 11.0. The molecule has 0 bridgehead atoms. The minimum Gasteiger partial charge on any atom is -0.258 e. The van der Waals surface area contributed by atoms with Crippen molar-refractivity contribution in [2.45, 2.75) is 42.9 Å². The number of nitrogens with zero attached hydrogens (tertiary/aromatic N) is 1. The van der Waals surface area contributed by atoms with E-state index < -0.39 is 23.0 Å². The summed E-state index contributed by atoms with van der Waals surface area (Å²) in [6.07, 6.45) is 3.24. The van der Waals surface area contributed by atoms with Gasteiger partial charge >= 0.3 is 0 Å². The average molecular weight is 468 g/mol. The number of benzene rings is 2. The highest BCUT2D eigenvalue weighted by Crippen LogP contribution is 2.24. The standard InChI is InChI=1S/C10H13ClO2S.C7H6ClNO4S/c1-2-3-4-9-5-7-10(8-6-9)14(11,12)13;1-5-2-3-6(14(8,12)13)4-7(5)9(10)11/h5-8H,2-4H2,1H3;2-4H,1H3. The zero-order valence-electron chi connectivity index (χ0n) is 15.1. The minimum atomic E-state index is -3.91. The molecule has 0 aliphatic carbocycles. The summed E-state index contributed by atoms with van der Waals surface area (Å²) in [6, 6.07) is 10.2. The molecule has 0 aliphatic heterocycles. The Morgan fingerprint density at radius 2 is 1.43 bits per heavy atom. The number of nitro groups is 1. The van der Waals surface area contributed by atoms with Gasteiger partial charge < -0.3 is 0 Å². The van der Waals surface area contributed by atoms with Gasteiger partial charge in [-0.25, -0.2) is 16.8 Å². The van der Waals surface area contributed by atoms with E-state index in [1.165, 1.54) is 19.1 Å². The van der Waals surface area contributed by atoms with Gasteiger partial charge in [-0.1, -0.05) is 31.5 Å². The molecular formula is C17H19Cl2NO6S2. The fourth-order valence-corrected chi connectivity index (χ4v) is 3.68. The summed E-state index contributed by atoms with van der Waals surface area (Å²) in [5, 5.41) is 10.5. The van der Waals surface area contributed by atoms with Gasteiger partial charge in [0.15, 0.2) is 0 Å². The summed E-state index contributed by atoms with van der Waals surface area (Å²) in [6.45, 7) is 3.64. The van der Waals surface area contributed by atoms with Gasteiger partial charge in [0.25, 0.3) is 23.8 Å². The first-order valence-corrected chi connectivity index (χ1v) is 12.7. The molecule has 28 heavy (non-hydrogen) atoms. The number of unbranched alkanes of at least 4 members (excludes halogenated alkanes) is 1. The Balaban J connectivity index is 0.000000280. The quantitative estimate of drug-likeness (QED) is 0.342. The van der Waals surface area contributed by atoms with Crippen LogP contribution in [0.4, 0.5) is 5.69 Å². The second kappa shape index (κ2) is 10.2. The Labute approximate surface area is 173 Å². The number of rotatable bonds is 6. The van der Waals surface area contributed by atoms with Crippen molar-refractivity contribution in [2.24, 2.45) is 0 Å². The number of halogens is 2. The molecular weight excluding hydrogens is 449 g/mol. The lowest BCUT2D eigenvalue weighted by atomic mass is 10.1. The van der Waals surface area contributed by atoms with Gasteiger partial charge in [0.2, 0.25) is 0 Å². The van der Waals surface area contributed by atoms with E-state index in [4.69, 9.17) is 21.4 Å². The van der Waals surface area contributed by atoms with E-state index in [0.29, 0.717) is 5.56 Å². The predicted octanol–water partition coefficient (Wildman–Crippen LogP) is 4.79. The molecule has 0 N–H and O–H groups in total. The van der Waals surface area contributed by atoms with Crippen LogP contribution in [-0.4, -0.2) is 21.8 Å². The smallest absolute Gasteiger partial charge is 0.258 e. The van der Waals surface area contributed by atoms with Crippen molar-refractivity contribution in [3.63, 3.8) is 0 Å². The Bertz CT molecular complexity index is 1040. The van der Waals surface area contributed by atoms with Crippen LogP contribution in [0.5, 0.6) is 0 Å². The van der Waals surface area contributed by atoms with E-state index in [2.05, 4.69) is 6.92 Å². The van der Waals surface area contributed by atoms with Crippen molar-refractivity contribution in [1.29, 1.82) is 0 Å². The molecule has 0 aliphatic rings. The van der Waals surface area contributed by atoms with Gasteiger partial charge in [-0.3, -0.25) is 10.1 Å². The maximum Gasteiger partial charge on any atom is 0.273 e. The lowest BCUT2D eigenvalue weighted by Crippen LogP contribution is -1.96. The Hall–Kier alpha value is -1.68. The Morgan fingerprint density at radius 3 is 1.86 bits per heavy atom. The minimum absolute atomic E-state index is 0.166. The zero-order chi connectivity index (χ0) is 21.5. The molecule has 0 fully saturated rings. The summed E-state index contributed by atoms with van der Waals surface area (Å²) in [5.74, 6) is 0. The van der Waals surface area contributed by atoms with Crippen molar-refractivity contribution < 1.29 is 21.8 Å². The van der Waals surface area contributed by atoms with E-state index in [0.717, 1.165) is 30.9 Å². The second-order valence-electron chi connectivity index (χ2n) is 5.83. The van der Waals surface area contributed by atoms with Crippen LogP contribution >= 0.6 is 21.4 Å². The van der Waals surface area contributed by atoms with E-state index in [1.54, 1.807) is 12.1 Å². The van der Waals surface area contributed by atoms with Gasteiger partial charge in [0.05, 0.1) is 14.7 Å². The third-order valence-electron chi connectivity index (χ3n) is 3.68. The third-order valence-corrected chi connectivity index (χ3v) is 6.40. The molecule has 11 heteroatoms. The third kappa shape index (κ3) is 7.75. The molecule has 0 spiro atoms. The van der Waals surface area contributed by atoms with E-state index in [9.17, 15) is 26.9 Å². The lowest BCUT2D eigenvalue weighted by Gasteiger charge is -2.00. The first-order chi connectivity index (χ1) is 12.9. The molecule has 0 unspecified atom stereocenters. The summed E-state index contributed by atoms with van der Waals surface area (Å²) in [7, 11) is 2.75. The lowest BCUT2D eigenvalue weighted by molar-refractivity contribution is -0.385. The monoisotopic (exact) mass is 467 g/mol. The van der Waals surface area contributed by atoms with Gasteiger partial charge in [0.1, 0.15) is 0 Å². The van der Waals surface area contributed by atoms with E-state index in [-0.39, 0.29) is 15.5 Å². The highest BCUT2D eigenvalue weighted by molar-refractivity contribution is 8.14. The maximum absolute atomic E-state index is 10.9. The molecule has 0 radical (unpaired) electrons. The predicted molar refractivity (Wildman–Crippen MR) is 109 cm³/mol. The molecule has 0 atom stereocenters. The van der Waals surface area contributed by atoms with Crippen molar-refractivity contribution in [3.8, 4) is 0 Å². The van der Waals surface area contributed by atoms with Crippen LogP contribution in [0.2, 0.25) is 0 Å². The molecule has 0 saturated carbocycles. The summed E-state index contributed by atoms with van der Waals surface area (Å²) in [4.78, 5) is 9.72. The highest BCUT2D eigenvalue weighted by atomic mass is 35.7. The molecule has 0 aromatic heterocycles. The molecule has 7 nitrogen and oxygen atoms in total. The van der Waals surface area contributed by atoms with Crippen LogP contribution in [0.3, 0.4) is 0 Å². The van der Waals surface area contributed by atoms with Crippen molar-refractivity contribution in [2.75, 3.05) is 0 Å². The van der Waals surface area contributed by atoms with Crippen LogP contribution in [0, 0.1) is 17.0 Å². The Kier molecular flexibility index (Phi) is 8.87. The molecule has 2 rings (SSSR count). The topological polar surface area (TPSA) is 111 Å². The molecule has 0 amide bonds. The van der Waals surface area contributed by atoms with Crippen molar-refractivity contribution in [1.82, 2.24) is 0 Å². The highest BCUT2D eigenvalue weighted by Gasteiger charge is 2.17. The van der Waals surface area contributed by atoms with E-state index >= 15 is 0 Å². The number of aryl methyl sites for hydroxylation is 2. The summed E-state index contributed by atoms with van der Waals surface area (Å²) >= 11 is 0. The fraction of sp³-hybridized carbons (Fsp3) is 0.294. The number of nitro benzene ring substituents is 1. The van der Waals surface area contributed by atoms with Gasteiger partial charge in [0, 0.05) is 33.0 Å². The van der Waals surface area contributed by atoms with Crippen molar-refractivity contribution in [3.05, 3.63) is 63.7 Å². The number of hydrogen-bond donors (Lipinski definition) is 0. The van der Waals surface area contributed by atoms with Crippen molar-refractivity contribution >= 4 is 45.2 Å². The Morgan fingerprint density at radius 1 is 0.929 bits per heavy atom. The number of hydrogen-bond acceptors (Lipinski definition) is 6. The van der Waals surface area contributed by atoms with Crippen LogP contribution in [-0.2, 0) is 24.5 Å². The van der Waals surface area contributed by atoms with Crippen LogP contribution < -0.4 is 0 Å².